The molecule has 0 fully saturated rings. The van der Waals surface area contributed by atoms with Crippen molar-refractivity contribution in [2.45, 2.75) is 6.54 Å². The Hall–Kier alpha value is -2.83. The summed E-state index contributed by atoms with van der Waals surface area (Å²) >= 11 is 0. The number of amides is 1. The third kappa shape index (κ3) is 2.77. The number of furan rings is 1. The molecule has 0 unspecified atom stereocenters. The zero-order chi connectivity index (χ0) is 14.7. The van der Waals surface area contributed by atoms with Gasteiger partial charge in [-0.05, 0) is 18.2 Å². The molecule has 0 aliphatic rings. The first kappa shape index (κ1) is 13.6. The van der Waals surface area contributed by atoms with Crippen LogP contribution in [-0.4, -0.2) is 27.9 Å². The van der Waals surface area contributed by atoms with Crippen molar-refractivity contribution < 1.29 is 19.2 Å². The maximum Gasteiger partial charge on any atom is 0.282 e. The Morgan fingerprint density at radius 3 is 2.80 bits per heavy atom. The van der Waals surface area contributed by atoms with E-state index >= 15 is 0 Å². The summed E-state index contributed by atoms with van der Waals surface area (Å²) in [6.45, 7) is 0.252. The largest absolute Gasteiger partial charge is 0.508 e. The number of nitrogens with zero attached hydrogens (tertiary/aromatic N) is 2. The Morgan fingerprint density at radius 1 is 1.45 bits per heavy atom. The van der Waals surface area contributed by atoms with Gasteiger partial charge in [-0.15, -0.1) is 0 Å². The van der Waals surface area contributed by atoms with Crippen LogP contribution in [0.25, 0.3) is 0 Å². The van der Waals surface area contributed by atoms with E-state index in [1.165, 1.54) is 30.5 Å². The van der Waals surface area contributed by atoms with Crippen LogP contribution in [0.1, 0.15) is 15.9 Å². The smallest absolute Gasteiger partial charge is 0.282 e. The monoisotopic (exact) mass is 276 g/mol. The standard InChI is InChI=1S/C13H12N2O5/c1-14(7-9-4-5-20-8-9)13(17)11-6-10(16)2-3-12(11)15(18)19/h2-6,8,16H,7H2,1H3. The number of nitro groups is 1. The van der Waals surface area contributed by atoms with Crippen molar-refractivity contribution in [1.29, 1.82) is 0 Å². The van der Waals surface area contributed by atoms with Crippen LogP contribution in [0.2, 0.25) is 0 Å². The number of phenols is 1. The van der Waals surface area contributed by atoms with E-state index in [0.29, 0.717) is 0 Å². The molecule has 1 N–H and O–H groups in total. The highest BCUT2D eigenvalue weighted by atomic mass is 16.6. The fourth-order valence-corrected chi connectivity index (χ4v) is 1.79. The van der Waals surface area contributed by atoms with Crippen LogP contribution in [0.15, 0.2) is 41.2 Å². The molecule has 0 atom stereocenters. The normalized spacial score (nSPS) is 10.2. The molecule has 1 heterocycles. The average molecular weight is 276 g/mol. The Labute approximate surface area is 114 Å². The summed E-state index contributed by atoms with van der Waals surface area (Å²) in [5, 5.41) is 20.3. The van der Waals surface area contributed by atoms with E-state index in [-0.39, 0.29) is 23.5 Å². The van der Waals surface area contributed by atoms with Crippen molar-refractivity contribution in [2.75, 3.05) is 7.05 Å². The second-order valence-electron chi connectivity index (χ2n) is 4.25. The molecule has 104 valence electrons. The van der Waals surface area contributed by atoms with Crippen LogP contribution in [0.3, 0.4) is 0 Å². The van der Waals surface area contributed by atoms with Gasteiger partial charge in [0.1, 0.15) is 11.3 Å². The van der Waals surface area contributed by atoms with E-state index in [1.54, 1.807) is 6.07 Å². The van der Waals surface area contributed by atoms with Gasteiger partial charge in [0, 0.05) is 25.2 Å². The first-order chi connectivity index (χ1) is 9.49. The van der Waals surface area contributed by atoms with Gasteiger partial charge in [0.05, 0.1) is 17.4 Å². The molecule has 0 saturated carbocycles. The van der Waals surface area contributed by atoms with Crippen LogP contribution in [-0.2, 0) is 6.54 Å². The van der Waals surface area contributed by atoms with Gasteiger partial charge in [-0.2, -0.15) is 0 Å². The van der Waals surface area contributed by atoms with Crippen molar-refractivity contribution in [2.24, 2.45) is 0 Å². The minimum absolute atomic E-state index is 0.152. The van der Waals surface area contributed by atoms with E-state index in [4.69, 9.17) is 4.42 Å². The molecule has 1 aromatic heterocycles. The lowest BCUT2D eigenvalue weighted by atomic mass is 10.1. The van der Waals surface area contributed by atoms with Gasteiger partial charge >= 0.3 is 0 Å². The molecule has 7 nitrogen and oxygen atoms in total. The minimum Gasteiger partial charge on any atom is -0.508 e. The average Bonchev–Trinajstić information content (AvgIpc) is 2.90. The van der Waals surface area contributed by atoms with Crippen LogP contribution >= 0.6 is 0 Å². The summed E-state index contributed by atoms with van der Waals surface area (Å²) in [4.78, 5) is 23.8. The first-order valence-electron chi connectivity index (χ1n) is 5.73. The van der Waals surface area contributed by atoms with Crippen molar-refractivity contribution in [3.8, 4) is 5.75 Å². The second kappa shape index (κ2) is 5.43. The molecule has 1 aromatic carbocycles. The number of benzene rings is 1. The summed E-state index contributed by atoms with van der Waals surface area (Å²) in [5.74, 6) is -0.746. The molecule has 0 bridgehead atoms. The molecule has 20 heavy (non-hydrogen) atoms. The zero-order valence-corrected chi connectivity index (χ0v) is 10.6. The lowest BCUT2D eigenvalue weighted by molar-refractivity contribution is -0.385. The number of phenolic OH excluding ortho intramolecular Hbond substituents is 1. The summed E-state index contributed by atoms with van der Waals surface area (Å²) in [6, 6.07) is 5.06. The molecule has 0 aliphatic carbocycles. The Bertz CT molecular complexity index is 636. The fourth-order valence-electron chi connectivity index (χ4n) is 1.79. The van der Waals surface area contributed by atoms with Crippen LogP contribution < -0.4 is 0 Å². The van der Waals surface area contributed by atoms with E-state index in [2.05, 4.69) is 0 Å². The van der Waals surface area contributed by atoms with Gasteiger partial charge in [-0.1, -0.05) is 0 Å². The Balaban J connectivity index is 2.28. The molecular weight excluding hydrogens is 264 g/mol. The molecule has 1 amide bonds. The summed E-state index contributed by atoms with van der Waals surface area (Å²) in [6.07, 6.45) is 2.96. The quantitative estimate of drug-likeness (QED) is 0.681. The highest BCUT2D eigenvalue weighted by Gasteiger charge is 2.23. The summed E-state index contributed by atoms with van der Waals surface area (Å²) < 4.78 is 4.90. The third-order valence-electron chi connectivity index (χ3n) is 2.75. The molecule has 0 saturated heterocycles. The number of rotatable bonds is 4. The van der Waals surface area contributed by atoms with E-state index in [1.807, 2.05) is 0 Å². The maximum atomic E-state index is 12.2. The van der Waals surface area contributed by atoms with Gasteiger partial charge in [-0.3, -0.25) is 14.9 Å². The fraction of sp³-hybridized carbons (Fsp3) is 0.154. The van der Waals surface area contributed by atoms with Crippen molar-refractivity contribution in [3.63, 3.8) is 0 Å². The molecule has 0 spiro atoms. The highest BCUT2D eigenvalue weighted by molar-refractivity contribution is 5.98. The third-order valence-corrected chi connectivity index (χ3v) is 2.75. The van der Waals surface area contributed by atoms with Crippen LogP contribution in [0, 0.1) is 10.1 Å². The Morgan fingerprint density at radius 2 is 2.20 bits per heavy atom. The summed E-state index contributed by atoms with van der Waals surface area (Å²) in [5.41, 5.74) is 0.275. The molecule has 0 aliphatic heterocycles. The number of carbonyl (C=O) groups excluding carboxylic acids is 1. The second-order valence-corrected chi connectivity index (χ2v) is 4.25. The molecule has 2 aromatic rings. The molecular formula is C13H12N2O5. The first-order valence-corrected chi connectivity index (χ1v) is 5.73. The number of hydrogen-bond donors (Lipinski definition) is 1. The molecule has 2 rings (SSSR count). The highest BCUT2D eigenvalue weighted by Crippen LogP contribution is 2.24. The SMILES string of the molecule is CN(Cc1ccoc1)C(=O)c1cc(O)ccc1[N+](=O)[O-]. The van der Waals surface area contributed by atoms with Gasteiger partial charge in [0.25, 0.3) is 11.6 Å². The summed E-state index contributed by atoms with van der Waals surface area (Å²) in [7, 11) is 1.52. The topological polar surface area (TPSA) is 96.8 Å². The lowest BCUT2D eigenvalue weighted by Crippen LogP contribution is -2.26. The lowest BCUT2D eigenvalue weighted by Gasteiger charge is -2.16. The van der Waals surface area contributed by atoms with Crippen molar-refractivity contribution in [3.05, 3.63) is 58.0 Å². The zero-order valence-electron chi connectivity index (χ0n) is 10.6. The van der Waals surface area contributed by atoms with Gasteiger partial charge < -0.3 is 14.4 Å². The maximum absolute atomic E-state index is 12.2. The van der Waals surface area contributed by atoms with Gasteiger partial charge in [0.2, 0.25) is 0 Å². The Kier molecular flexibility index (Phi) is 3.69. The number of carbonyl (C=O) groups is 1. The van der Waals surface area contributed by atoms with Crippen LogP contribution in [0.5, 0.6) is 5.75 Å². The number of hydrogen-bond acceptors (Lipinski definition) is 5. The minimum atomic E-state index is -0.654. The van der Waals surface area contributed by atoms with Crippen LogP contribution in [0.4, 0.5) is 5.69 Å². The molecule has 7 heteroatoms. The number of nitro benzene ring substituents is 1. The predicted molar refractivity (Wildman–Crippen MR) is 69.3 cm³/mol. The molecule has 0 radical (unpaired) electrons. The van der Waals surface area contributed by atoms with E-state index in [9.17, 15) is 20.0 Å². The van der Waals surface area contributed by atoms with Gasteiger partial charge in [-0.25, -0.2) is 0 Å². The van der Waals surface area contributed by atoms with Crippen molar-refractivity contribution in [1.82, 2.24) is 4.90 Å². The van der Waals surface area contributed by atoms with E-state index in [0.717, 1.165) is 17.7 Å². The van der Waals surface area contributed by atoms with Gasteiger partial charge in [0.15, 0.2) is 0 Å². The number of aromatic hydroxyl groups is 1. The van der Waals surface area contributed by atoms with Crippen molar-refractivity contribution >= 4 is 11.6 Å². The van der Waals surface area contributed by atoms with E-state index < -0.39 is 10.8 Å². The predicted octanol–water partition coefficient (Wildman–Crippen LogP) is 2.17.